The average molecular weight is 386 g/mol. The van der Waals surface area contributed by atoms with E-state index in [9.17, 15) is 9.59 Å². The van der Waals surface area contributed by atoms with Gasteiger partial charge in [0, 0.05) is 11.3 Å². The molecule has 5 nitrogen and oxygen atoms in total. The predicted molar refractivity (Wildman–Crippen MR) is 108 cm³/mol. The van der Waals surface area contributed by atoms with Gasteiger partial charge in [-0.2, -0.15) is 0 Å². The number of hydrogen-bond acceptors (Lipinski definition) is 4. The van der Waals surface area contributed by atoms with Crippen LogP contribution in [0.3, 0.4) is 0 Å². The van der Waals surface area contributed by atoms with Crippen LogP contribution >= 0.6 is 11.3 Å². The highest BCUT2D eigenvalue weighted by molar-refractivity contribution is 7.18. The molecule has 27 heavy (non-hydrogen) atoms. The fourth-order valence-electron chi connectivity index (χ4n) is 6.54. The molecule has 2 heterocycles. The summed E-state index contributed by atoms with van der Waals surface area (Å²) >= 11 is 1.54. The fraction of sp³-hybridized carbons (Fsp3) is 0.667. The summed E-state index contributed by atoms with van der Waals surface area (Å²) in [5, 5.41) is 0.637. The zero-order valence-corrected chi connectivity index (χ0v) is 17.1. The van der Waals surface area contributed by atoms with Gasteiger partial charge >= 0.3 is 0 Å². The first-order valence-electron chi connectivity index (χ1n) is 10.1. The first kappa shape index (κ1) is 17.4. The van der Waals surface area contributed by atoms with Gasteiger partial charge in [-0.05, 0) is 88.0 Å². The standard InChI is InChI=1S/C21H27N3O2S/c1-11-12(2)27-19-18(11)20(26)24(13(3)22-19)23-17(25)10-21-7-14-4-15(8-21)6-16(5-14)9-21/h14-16H,4-10H2,1-3H3,(H,23,25). The summed E-state index contributed by atoms with van der Waals surface area (Å²) in [7, 11) is 0. The lowest BCUT2D eigenvalue weighted by molar-refractivity contribution is -0.125. The Morgan fingerprint density at radius 2 is 1.74 bits per heavy atom. The second-order valence-corrected chi connectivity index (χ2v) is 10.6. The number of nitrogens with one attached hydrogen (secondary N) is 1. The summed E-state index contributed by atoms with van der Waals surface area (Å²) in [6, 6.07) is 0. The number of hydrogen-bond donors (Lipinski definition) is 1. The van der Waals surface area contributed by atoms with E-state index in [1.165, 1.54) is 43.2 Å². The van der Waals surface area contributed by atoms with Crippen molar-refractivity contribution in [1.82, 2.24) is 9.66 Å². The maximum Gasteiger partial charge on any atom is 0.281 e. The summed E-state index contributed by atoms with van der Waals surface area (Å²) in [5.74, 6) is 2.98. The number of fused-ring (bicyclic) bond motifs is 1. The third kappa shape index (κ3) is 2.75. The molecule has 0 atom stereocenters. The molecular formula is C21H27N3O2S. The molecular weight excluding hydrogens is 358 g/mol. The molecule has 4 aliphatic rings. The van der Waals surface area contributed by atoms with Crippen LogP contribution in [0.2, 0.25) is 0 Å². The summed E-state index contributed by atoms with van der Waals surface area (Å²) < 4.78 is 1.37. The van der Waals surface area contributed by atoms with Crippen molar-refractivity contribution in [3.8, 4) is 0 Å². The SMILES string of the molecule is Cc1sc2nc(C)n(NC(=O)CC34CC5CC(CC(C5)C3)C4)c(=O)c2c1C. The molecule has 0 radical (unpaired) electrons. The van der Waals surface area contributed by atoms with Gasteiger partial charge in [0.05, 0.1) is 5.39 Å². The Bertz CT molecular complexity index is 968. The van der Waals surface area contributed by atoms with E-state index in [0.29, 0.717) is 17.6 Å². The van der Waals surface area contributed by atoms with Gasteiger partial charge in [0.15, 0.2) is 0 Å². The Morgan fingerprint density at radius 3 is 2.33 bits per heavy atom. The lowest BCUT2D eigenvalue weighted by atomic mass is 9.49. The molecule has 144 valence electrons. The molecule has 4 aliphatic carbocycles. The van der Waals surface area contributed by atoms with E-state index in [0.717, 1.165) is 33.0 Å². The maximum absolute atomic E-state index is 13.0. The largest absolute Gasteiger partial charge is 0.281 e. The lowest BCUT2D eigenvalue weighted by Crippen LogP contribution is -2.48. The van der Waals surface area contributed by atoms with Gasteiger partial charge in [-0.25, -0.2) is 9.66 Å². The number of nitrogens with zero attached hydrogens (tertiary/aromatic N) is 2. The average Bonchev–Trinajstić information content (AvgIpc) is 2.84. The van der Waals surface area contributed by atoms with E-state index in [-0.39, 0.29) is 16.9 Å². The highest BCUT2D eigenvalue weighted by Gasteiger charge is 2.51. The molecule has 2 aromatic heterocycles. The Labute approximate surface area is 163 Å². The van der Waals surface area contributed by atoms with E-state index >= 15 is 0 Å². The van der Waals surface area contributed by atoms with Crippen LogP contribution < -0.4 is 11.0 Å². The van der Waals surface area contributed by atoms with Crippen LogP contribution in [-0.4, -0.2) is 15.6 Å². The smallest absolute Gasteiger partial charge is 0.273 e. The second-order valence-electron chi connectivity index (χ2n) is 9.39. The Balaban J connectivity index is 1.42. The van der Waals surface area contributed by atoms with Gasteiger partial charge < -0.3 is 0 Å². The van der Waals surface area contributed by atoms with Gasteiger partial charge in [0.2, 0.25) is 5.91 Å². The van der Waals surface area contributed by atoms with Crippen LogP contribution in [0.4, 0.5) is 0 Å². The topological polar surface area (TPSA) is 64.0 Å². The lowest BCUT2D eigenvalue weighted by Gasteiger charge is -2.56. The van der Waals surface area contributed by atoms with Crippen LogP contribution in [0.15, 0.2) is 4.79 Å². The minimum Gasteiger partial charge on any atom is -0.273 e. The number of thiophene rings is 1. The monoisotopic (exact) mass is 385 g/mol. The van der Waals surface area contributed by atoms with Gasteiger partial charge in [0.1, 0.15) is 10.7 Å². The second kappa shape index (κ2) is 5.90. The number of aryl methyl sites for hydroxylation is 3. The van der Waals surface area contributed by atoms with Crippen LogP contribution in [0.1, 0.15) is 61.2 Å². The van der Waals surface area contributed by atoms with Crippen LogP contribution in [-0.2, 0) is 4.79 Å². The fourth-order valence-corrected chi connectivity index (χ4v) is 7.60. The van der Waals surface area contributed by atoms with Crippen molar-refractivity contribution in [3.63, 3.8) is 0 Å². The molecule has 1 N–H and O–H groups in total. The van der Waals surface area contributed by atoms with E-state index in [1.54, 1.807) is 18.3 Å². The van der Waals surface area contributed by atoms with Gasteiger partial charge in [-0.15, -0.1) is 11.3 Å². The first-order valence-corrected chi connectivity index (χ1v) is 10.9. The van der Waals surface area contributed by atoms with Gasteiger partial charge in [0.25, 0.3) is 5.56 Å². The summed E-state index contributed by atoms with van der Waals surface area (Å²) in [4.78, 5) is 32.4. The van der Waals surface area contributed by atoms with Crippen LogP contribution in [0.5, 0.6) is 0 Å². The molecule has 0 unspecified atom stereocenters. The maximum atomic E-state index is 13.0. The minimum atomic E-state index is -0.154. The molecule has 4 fully saturated rings. The number of carbonyl (C=O) groups is 1. The molecule has 0 saturated heterocycles. The molecule has 1 amide bonds. The molecule has 0 aliphatic heterocycles. The van der Waals surface area contributed by atoms with Crippen LogP contribution in [0.25, 0.3) is 10.2 Å². The Morgan fingerprint density at radius 1 is 1.15 bits per heavy atom. The number of carbonyl (C=O) groups excluding carboxylic acids is 1. The van der Waals surface area contributed by atoms with Gasteiger partial charge in [-0.1, -0.05) is 0 Å². The van der Waals surface area contributed by atoms with E-state index < -0.39 is 0 Å². The quantitative estimate of drug-likeness (QED) is 0.866. The van der Waals surface area contributed by atoms with Crippen molar-refractivity contribution in [1.29, 1.82) is 0 Å². The number of rotatable bonds is 3. The zero-order chi connectivity index (χ0) is 18.9. The van der Waals surface area contributed by atoms with E-state index in [4.69, 9.17) is 0 Å². The normalized spacial score (nSPS) is 31.6. The first-order chi connectivity index (χ1) is 12.8. The van der Waals surface area contributed by atoms with Crippen molar-refractivity contribution in [3.05, 3.63) is 26.6 Å². The molecule has 0 aromatic carbocycles. The summed E-state index contributed by atoms with van der Waals surface area (Å²) in [6.45, 7) is 5.75. The van der Waals surface area contributed by atoms with Crippen molar-refractivity contribution in [2.45, 2.75) is 65.7 Å². The molecule has 4 saturated carbocycles. The molecule has 4 bridgehead atoms. The van der Waals surface area contributed by atoms with E-state index in [1.807, 2.05) is 13.8 Å². The summed E-state index contributed by atoms with van der Waals surface area (Å²) in [6.07, 6.45) is 8.24. The highest BCUT2D eigenvalue weighted by Crippen LogP contribution is 2.61. The Kier molecular flexibility index (Phi) is 3.81. The van der Waals surface area contributed by atoms with Crippen molar-refractivity contribution >= 4 is 27.5 Å². The molecule has 6 rings (SSSR count). The number of aromatic nitrogens is 2. The van der Waals surface area contributed by atoms with Gasteiger partial charge in [-0.3, -0.25) is 15.0 Å². The van der Waals surface area contributed by atoms with Crippen molar-refractivity contribution in [2.24, 2.45) is 23.2 Å². The molecule has 6 heteroatoms. The van der Waals surface area contributed by atoms with Crippen molar-refractivity contribution in [2.75, 3.05) is 5.43 Å². The van der Waals surface area contributed by atoms with E-state index in [2.05, 4.69) is 10.4 Å². The van der Waals surface area contributed by atoms with Crippen LogP contribution in [0, 0.1) is 43.9 Å². The minimum absolute atomic E-state index is 0.0343. The predicted octanol–water partition coefficient (Wildman–Crippen LogP) is 4.06. The molecule has 2 aromatic rings. The summed E-state index contributed by atoms with van der Waals surface area (Å²) in [5.41, 5.74) is 3.87. The molecule has 0 spiro atoms. The van der Waals surface area contributed by atoms with Crippen molar-refractivity contribution < 1.29 is 4.79 Å². The number of amides is 1. The Hall–Kier alpha value is -1.69. The zero-order valence-electron chi connectivity index (χ0n) is 16.3. The third-order valence-electron chi connectivity index (χ3n) is 7.31. The highest BCUT2D eigenvalue weighted by atomic mass is 32.1. The third-order valence-corrected chi connectivity index (χ3v) is 8.41.